The Balaban J connectivity index is 1.96. The van der Waals surface area contributed by atoms with Gasteiger partial charge in [-0.2, -0.15) is 0 Å². The molecule has 1 aromatic carbocycles. The number of ether oxygens (including phenoxy) is 1. The Hall–Kier alpha value is -1.55. The molecule has 0 aliphatic heterocycles. The van der Waals surface area contributed by atoms with E-state index < -0.39 is 0 Å². The summed E-state index contributed by atoms with van der Waals surface area (Å²) in [6.07, 6.45) is 5.88. The summed E-state index contributed by atoms with van der Waals surface area (Å²) >= 11 is 0. The van der Waals surface area contributed by atoms with E-state index in [2.05, 4.69) is 0 Å². The second-order valence-electron chi connectivity index (χ2n) is 6.16. The first kappa shape index (κ1) is 15.8. The van der Waals surface area contributed by atoms with Gasteiger partial charge in [-0.15, -0.1) is 0 Å². The number of hydrogen-bond acceptors (Lipinski definition) is 3. The second kappa shape index (κ2) is 6.94. The molecular formula is C17H26N2O2. The number of amides is 1. The molecule has 1 aliphatic rings. The third-order valence-corrected chi connectivity index (χ3v) is 4.38. The molecule has 4 nitrogen and oxygen atoms in total. The van der Waals surface area contributed by atoms with E-state index in [-0.39, 0.29) is 11.4 Å². The first-order valence-electron chi connectivity index (χ1n) is 7.69. The van der Waals surface area contributed by atoms with Gasteiger partial charge in [0.15, 0.2) is 0 Å². The van der Waals surface area contributed by atoms with Crippen molar-refractivity contribution in [2.45, 2.75) is 50.6 Å². The first-order chi connectivity index (χ1) is 10.0. The van der Waals surface area contributed by atoms with E-state index in [1.165, 1.54) is 6.42 Å². The normalized spacial score (nSPS) is 17.3. The van der Waals surface area contributed by atoms with Crippen LogP contribution in [0.25, 0.3) is 0 Å². The number of carbonyl (C=O) groups is 1. The van der Waals surface area contributed by atoms with Gasteiger partial charge in [-0.1, -0.05) is 37.5 Å². The maximum Gasteiger partial charge on any atom is 0.224 e. The zero-order valence-corrected chi connectivity index (χ0v) is 13.1. The average Bonchev–Trinajstić information content (AvgIpc) is 2.48. The lowest BCUT2D eigenvalue weighted by atomic mass is 9.80. The molecule has 0 atom stereocenters. The van der Waals surface area contributed by atoms with Crippen LogP contribution in [0, 0.1) is 0 Å². The predicted molar refractivity (Wildman–Crippen MR) is 84.1 cm³/mol. The fourth-order valence-electron chi connectivity index (χ4n) is 3.05. The molecule has 1 saturated carbocycles. The number of rotatable bonds is 5. The minimum atomic E-state index is -0.301. The summed E-state index contributed by atoms with van der Waals surface area (Å²) in [5, 5.41) is 0. The third-order valence-electron chi connectivity index (χ3n) is 4.38. The van der Waals surface area contributed by atoms with E-state index in [9.17, 15) is 4.79 Å². The van der Waals surface area contributed by atoms with Crippen LogP contribution in [-0.4, -0.2) is 30.5 Å². The van der Waals surface area contributed by atoms with Crippen molar-refractivity contribution in [3.05, 3.63) is 29.8 Å². The van der Waals surface area contributed by atoms with Crippen molar-refractivity contribution in [1.29, 1.82) is 0 Å². The maximum atomic E-state index is 12.4. The molecule has 0 heterocycles. The standard InChI is InChI=1S/C17H26N2O2/c1-19(13-14-8-4-5-9-15(14)21-2)16(20)12-17(18)10-6-3-7-11-17/h4-5,8-9H,3,6-7,10-13,18H2,1-2H3. The Morgan fingerprint density at radius 2 is 1.95 bits per heavy atom. The van der Waals surface area contributed by atoms with Crippen molar-refractivity contribution < 1.29 is 9.53 Å². The van der Waals surface area contributed by atoms with Crippen LogP contribution in [0.3, 0.4) is 0 Å². The van der Waals surface area contributed by atoms with Crippen molar-refractivity contribution in [1.82, 2.24) is 4.90 Å². The molecule has 116 valence electrons. The Kier molecular flexibility index (Phi) is 5.23. The topological polar surface area (TPSA) is 55.6 Å². The Labute approximate surface area is 127 Å². The van der Waals surface area contributed by atoms with Crippen LogP contribution < -0.4 is 10.5 Å². The van der Waals surface area contributed by atoms with Gasteiger partial charge in [0.25, 0.3) is 0 Å². The number of para-hydroxylation sites is 1. The number of benzene rings is 1. The lowest BCUT2D eigenvalue weighted by Crippen LogP contribution is -2.46. The minimum Gasteiger partial charge on any atom is -0.496 e. The lowest BCUT2D eigenvalue weighted by molar-refractivity contribution is -0.132. The molecule has 4 heteroatoms. The van der Waals surface area contributed by atoms with Crippen LogP contribution in [0.5, 0.6) is 5.75 Å². The summed E-state index contributed by atoms with van der Waals surface area (Å²) in [4.78, 5) is 14.2. The van der Waals surface area contributed by atoms with Crippen LogP contribution in [-0.2, 0) is 11.3 Å². The van der Waals surface area contributed by atoms with Gasteiger partial charge in [0.2, 0.25) is 5.91 Å². The molecule has 1 amide bonds. The molecule has 1 aliphatic carbocycles. The molecule has 0 unspecified atom stereocenters. The van der Waals surface area contributed by atoms with Gasteiger partial charge in [-0.3, -0.25) is 4.79 Å². The van der Waals surface area contributed by atoms with Crippen LogP contribution in [0.2, 0.25) is 0 Å². The molecule has 2 rings (SSSR count). The van der Waals surface area contributed by atoms with E-state index in [4.69, 9.17) is 10.5 Å². The van der Waals surface area contributed by atoms with Gasteiger partial charge in [-0.25, -0.2) is 0 Å². The van der Waals surface area contributed by atoms with Crippen molar-refractivity contribution in [2.24, 2.45) is 5.73 Å². The van der Waals surface area contributed by atoms with Crippen molar-refractivity contribution in [3.8, 4) is 5.75 Å². The molecule has 0 radical (unpaired) electrons. The number of methoxy groups -OCH3 is 1. The van der Waals surface area contributed by atoms with E-state index in [1.54, 1.807) is 12.0 Å². The summed E-state index contributed by atoms with van der Waals surface area (Å²) in [7, 11) is 3.48. The largest absolute Gasteiger partial charge is 0.496 e. The van der Waals surface area contributed by atoms with Crippen LogP contribution in [0.15, 0.2) is 24.3 Å². The molecule has 0 spiro atoms. The number of nitrogens with zero attached hydrogens (tertiary/aromatic N) is 1. The highest BCUT2D eigenvalue weighted by molar-refractivity contribution is 5.77. The van der Waals surface area contributed by atoms with Crippen molar-refractivity contribution >= 4 is 5.91 Å². The second-order valence-corrected chi connectivity index (χ2v) is 6.16. The van der Waals surface area contributed by atoms with Crippen molar-refractivity contribution in [2.75, 3.05) is 14.2 Å². The van der Waals surface area contributed by atoms with Crippen LogP contribution in [0.1, 0.15) is 44.1 Å². The molecule has 0 bridgehead atoms. The summed E-state index contributed by atoms with van der Waals surface area (Å²) in [5.74, 6) is 0.933. The highest BCUT2D eigenvalue weighted by atomic mass is 16.5. The summed E-state index contributed by atoms with van der Waals surface area (Å²) in [6, 6.07) is 7.80. The van der Waals surface area contributed by atoms with Gasteiger partial charge < -0.3 is 15.4 Å². The third kappa shape index (κ3) is 4.21. The average molecular weight is 290 g/mol. The number of nitrogens with two attached hydrogens (primary N) is 1. The zero-order valence-electron chi connectivity index (χ0n) is 13.1. The van der Waals surface area contributed by atoms with E-state index in [0.717, 1.165) is 37.0 Å². The summed E-state index contributed by atoms with van der Waals surface area (Å²) in [6.45, 7) is 0.554. The number of carbonyl (C=O) groups excluding carboxylic acids is 1. The highest BCUT2D eigenvalue weighted by Gasteiger charge is 2.31. The fraction of sp³-hybridized carbons (Fsp3) is 0.588. The molecule has 0 saturated heterocycles. The summed E-state index contributed by atoms with van der Waals surface area (Å²) in [5.41, 5.74) is 7.09. The van der Waals surface area contributed by atoms with E-state index >= 15 is 0 Å². The van der Waals surface area contributed by atoms with Gasteiger partial charge in [0.05, 0.1) is 7.11 Å². The van der Waals surface area contributed by atoms with Crippen molar-refractivity contribution in [3.63, 3.8) is 0 Å². The zero-order chi connectivity index (χ0) is 15.3. The van der Waals surface area contributed by atoms with Crippen LogP contribution in [0.4, 0.5) is 0 Å². The SMILES string of the molecule is COc1ccccc1CN(C)C(=O)CC1(N)CCCCC1. The Morgan fingerprint density at radius 1 is 1.29 bits per heavy atom. The van der Waals surface area contributed by atoms with Gasteiger partial charge in [0.1, 0.15) is 5.75 Å². The van der Waals surface area contributed by atoms with E-state index in [1.807, 2.05) is 31.3 Å². The fourth-order valence-corrected chi connectivity index (χ4v) is 3.05. The predicted octanol–water partition coefficient (Wildman–Crippen LogP) is 2.71. The number of hydrogen-bond donors (Lipinski definition) is 1. The van der Waals surface area contributed by atoms with E-state index in [0.29, 0.717) is 13.0 Å². The first-order valence-corrected chi connectivity index (χ1v) is 7.69. The Morgan fingerprint density at radius 3 is 2.62 bits per heavy atom. The van der Waals surface area contributed by atoms with Gasteiger partial charge in [0, 0.05) is 31.1 Å². The molecule has 1 aromatic rings. The molecule has 2 N–H and O–H groups in total. The molecule has 0 aromatic heterocycles. The monoisotopic (exact) mass is 290 g/mol. The molecule has 21 heavy (non-hydrogen) atoms. The quantitative estimate of drug-likeness (QED) is 0.907. The molecular weight excluding hydrogens is 264 g/mol. The minimum absolute atomic E-state index is 0.116. The smallest absolute Gasteiger partial charge is 0.224 e. The van der Waals surface area contributed by atoms with Crippen LogP contribution >= 0.6 is 0 Å². The lowest BCUT2D eigenvalue weighted by Gasteiger charge is -2.34. The maximum absolute atomic E-state index is 12.4. The van der Waals surface area contributed by atoms with Gasteiger partial charge in [-0.05, 0) is 18.9 Å². The van der Waals surface area contributed by atoms with Gasteiger partial charge >= 0.3 is 0 Å². The molecule has 1 fully saturated rings. The Bertz CT molecular complexity index is 481. The summed E-state index contributed by atoms with van der Waals surface area (Å²) < 4.78 is 5.33. The highest BCUT2D eigenvalue weighted by Crippen LogP contribution is 2.29.